The fourth-order valence-corrected chi connectivity index (χ4v) is 3.50. The van der Waals surface area contributed by atoms with E-state index < -0.39 is 0 Å². The van der Waals surface area contributed by atoms with Gasteiger partial charge in [0.15, 0.2) is 18.1 Å². The monoisotopic (exact) mass is 426 g/mol. The van der Waals surface area contributed by atoms with Gasteiger partial charge in [0.25, 0.3) is 17.1 Å². The normalized spacial score (nSPS) is 14.9. The largest absolute Gasteiger partial charge is 0.490 e. The number of benzene rings is 2. The Hall–Kier alpha value is -3.26. The molecule has 3 amide bonds. The first-order chi connectivity index (χ1) is 14.4. The third-order valence-corrected chi connectivity index (χ3v) is 5.21. The zero-order valence-corrected chi connectivity index (χ0v) is 17.7. The third-order valence-electron chi connectivity index (χ3n) is 4.25. The second-order valence-electron chi connectivity index (χ2n) is 6.58. The molecule has 2 aromatic rings. The van der Waals surface area contributed by atoms with Crippen molar-refractivity contribution in [3.63, 3.8) is 0 Å². The van der Waals surface area contributed by atoms with Crippen LogP contribution in [0.1, 0.15) is 18.1 Å². The number of anilines is 1. The van der Waals surface area contributed by atoms with Crippen molar-refractivity contribution in [1.82, 2.24) is 4.90 Å². The minimum Gasteiger partial charge on any atom is -0.490 e. The summed E-state index contributed by atoms with van der Waals surface area (Å²) in [5, 5.41) is 2.46. The second kappa shape index (κ2) is 9.49. The van der Waals surface area contributed by atoms with Crippen molar-refractivity contribution in [2.75, 3.05) is 25.6 Å². The van der Waals surface area contributed by atoms with Crippen molar-refractivity contribution in [2.24, 2.45) is 0 Å². The topological polar surface area (TPSA) is 84.9 Å². The molecule has 3 rings (SSSR count). The highest BCUT2D eigenvalue weighted by molar-refractivity contribution is 8.18. The lowest BCUT2D eigenvalue weighted by Crippen LogP contribution is -2.22. The molecule has 30 heavy (non-hydrogen) atoms. The Morgan fingerprint density at radius 1 is 1.10 bits per heavy atom. The van der Waals surface area contributed by atoms with Crippen LogP contribution in [0.25, 0.3) is 6.08 Å². The number of hydrogen-bond donors (Lipinski definition) is 1. The van der Waals surface area contributed by atoms with Gasteiger partial charge in [-0.3, -0.25) is 19.3 Å². The fraction of sp³-hybridized carbons (Fsp3) is 0.227. The average Bonchev–Trinajstić information content (AvgIpc) is 2.96. The van der Waals surface area contributed by atoms with Crippen LogP contribution in [0.2, 0.25) is 0 Å². The van der Waals surface area contributed by atoms with E-state index in [1.807, 2.05) is 38.1 Å². The number of aryl methyl sites for hydroxylation is 1. The molecule has 7 nitrogen and oxygen atoms in total. The van der Waals surface area contributed by atoms with Crippen LogP contribution in [-0.4, -0.2) is 42.2 Å². The first-order valence-corrected chi connectivity index (χ1v) is 10.2. The van der Waals surface area contributed by atoms with Crippen molar-refractivity contribution < 1.29 is 23.9 Å². The molecule has 0 radical (unpaired) electrons. The Bertz CT molecular complexity index is 1000. The number of nitrogens with zero attached hydrogens (tertiary/aromatic N) is 1. The van der Waals surface area contributed by atoms with Crippen LogP contribution >= 0.6 is 11.8 Å². The van der Waals surface area contributed by atoms with E-state index in [1.165, 1.54) is 7.05 Å². The lowest BCUT2D eigenvalue weighted by atomic mass is 10.2. The number of carbonyl (C=O) groups excluding carboxylic acids is 3. The minimum atomic E-state index is -0.337. The van der Waals surface area contributed by atoms with Gasteiger partial charge in [-0.25, -0.2) is 0 Å². The smallest absolute Gasteiger partial charge is 0.293 e. The van der Waals surface area contributed by atoms with E-state index in [9.17, 15) is 14.4 Å². The van der Waals surface area contributed by atoms with Crippen LogP contribution < -0.4 is 14.8 Å². The van der Waals surface area contributed by atoms with Crippen molar-refractivity contribution in [3.8, 4) is 11.5 Å². The maximum absolute atomic E-state index is 12.2. The van der Waals surface area contributed by atoms with E-state index in [2.05, 4.69) is 5.32 Å². The molecule has 0 aliphatic carbocycles. The Labute approximate surface area is 179 Å². The first kappa shape index (κ1) is 21.4. The average molecular weight is 426 g/mol. The van der Waals surface area contributed by atoms with Crippen LogP contribution in [0.4, 0.5) is 10.5 Å². The maximum atomic E-state index is 12.2. The van der Waals surface area contributed by atoms with E-state index in [0.29, 0.717) is 34.3 Å². The highest BCUT2D eigenvalue weighted by atomic mass is 32.2. The molecule has 1 heterocycles. The van der Waals surface area contributed by atoms with Gasteiger partial charge in [0.05, 0.1) is 11.5 Å². The Balaban J connectivity index is 1.69. The number of ether oxygens (including phenoxy) is 2. The summed E-state index contributed by atoms with van der Waals surface area (Å²) in [5.41, 5.74) is 2.49. The lowest BCUT2D eigenvalue weighted by Gasteiger charge is -2.13. The summed E-state index contributed by atoms with van der Waals surface area (Å²) in [7, 11) is 1.45. The van der Waals surface area contributed by atoms with Crippen LogP contribution in [-0.2, 0) is 9.59 Å². The quantitative estimate of drug-likeness (QED) is 0.672. The van der Waals surface area contributed by atoms with Crippen molar-refractivity contribution in [3.05, 3.63) is 58.5 Å². The standard InChI is InChI=1S/C22H22N2O5S/c1-4-28-18-11-15(12-19-21(26)24(3)22(27)30-19)7-10-17(18)29-13-20(25)23-16-8-5-14(2)6-9-16/h5-12H,4,13H2,1-3H3,(H,23,25)/b19-12-. The minimum absolute atomic E-state index is 0.179. The van der Waals surface area contributed by atoms with Gasteiger partial charge in [-0.1, -0.05) is 23.8 Å². The van der Waals surface area contributed by atoms with Gasteiger partial charge >= 0.3 is 0 Å². The number of carbonyl (C=O) groups is 3. The van der Waals surface area contributed by atoms with E-state index in [0.717, 1.165) is 22.2 Å². The molecule has 0 aromatic heterocycles. The van der Waals surface area contributed by atoms with E-state index >= 15 is 0 Å². The molecular formula is C22H22N2O5S. The number of likely N-dealkylation sites (N-methyl/N-ethyl adjacent to an activating group) is 1. The van der Waals surface area contributed by atoms with E-state index in [1.54, 1.807) is 24.3 Å². The van der Waals surface area contributed by atoms with Gasteiger partial charge < -0.3 is 14.8 Å². The van der Waals surface area contributed by atoms with Gasteiger partial charge in [0.1, 0.15) is 0 Å². The number of thioether (sulfide) groups is 1. The third kappa shape index (κ3) is 5.21. The molecule has 1 aliphatic heterocycles. The molecular weight excluding hydrogens is 404 g/mol. The highest BCUT2D eigenvalue weighted by Crippen LogP contribution is 2.34. The summed E-state index contributed by atoms with van der Waals surface area (Å²) in [6, 6.07) is 12.6. The van der Waals surface area contributed by atoms with E-state index in [-0.39, 0.29) is 23.7 Å². The lowest BCUT2D eigenvalue weighted by molar-refractivity contribution is -0.121. The number of nitrogens with one attached hydrogen (secondary N) is 1. The summed E-state index contributed by atoms with van der Waals surface area (Å²) < 4.78 is 11.3. The molecule has 1 fully saturated rings. The highest BCUT2D eigenvalue weighted by Gasteiger charge is 2.31. The molecule has 0 bridgehead atoms. The van der Waals surface area contributed by atoms with Crippen molar-refractivity contribution in [1.29, 1.82) is 0 Å². The molecule has 1 aliphatic rings. The van der Waals surface area contributed by atoms with Gasteiger partial charge in [0.2, 0.25) is 0 Å². The molecule has 156 valence electrons. The Morgan fingerprint density at radius 2 is 1.83 bits per heavy atom. The van der Waals surface area contributed by atoms with Crippen LogP contribution in [0.5, 0.6) is 11.5 Å². The molecule has 8 heteroatoms. The van der Waals surface area contributed by atoms with Crippen LogP contribution in [0.15, 0.2) is 47.4 Å². The van der Waals surface area contributed by atoms with Gasteiger partial charge in [-0.15, -0.1) is 0 Å². The predicted molar refractivity (Wildman–Crippen MR) is 117 cm³/mol. The van der Waals surface area contributed by atoms with E-state index in [4.69, 9.17) is 9.47 Å². The summed E-state index contributed by atoms with van der Waals surface area (Å²) in [5.74, 6) is 0.236. The summed E-state index contributed by atoms with van der Waals surface area (Å²) in [4.78, 5) is 37.3. The Morgan fingerprint density at radius 3 is 2.47 bits per heavy atom. The van der Waals surface area contributed by atoms with Gasteiger partial charge in [0, 0.05) is 12.7 Å². The molecule has 1 saturated heterocycles. The maximum Gasteiger partial charge on any atom is 0.293 e. The van der Waals surface area contributed by atoms with Crippen molar-refractivity contribution in [2.45, 2.75) is 13.8 Å². The number of amides is 3. The first-order valence-electron chi connectivity index (χ1n) is 9.35. The summed E-state index contributed by atoms with van der Waals surface area (Å²) >= 11 is 0.889. The predicted octanol–water partition coefficient (Wildman–Crippen LogP) is 4.08. The molecule has 0 atom stereocenters. The summed E-state index contributed by atoms with van der Waals surface area (Å²) in [6.07, 6.45) is 1.63. The molecule has 0 saturated carbocycles. The van der Waals surface area contributed by atoms with Crippen LogP contribution in [0, 0.1) is 6.92 Å². The fourth-order valence-electron chi connectivity index (χ4n) is 2.68. The zero-order valence-electron chi connectivity index (χ0n) is 16.9. The molecule has 2 aromatic carbocycles. The number of imide groups is 1. The Kier molecular flexibility index (Phi) is 6.79. The number of rotatable bonds is 7. The van der Waals surface area contributed by atoms with Crippen molar-refractivity contribution >= 4 is 40.6 Å². The molecule has 1 N–H and O–H groups in total. The SMILES string of the molecule is CCOc1cc(/C=C2\SC(=O)N(C)C2=O)ccc1OCC(=O)Nc1ccc(C)cc1. The zero-order chi connectivity index (χ0) is 21.7. The number of hydrogen-bond acceptors (Lipinski definition) is 6. The molecule has 0 spiro atoms. The summed E-state index contributed by atoms with van der Waals surface area (Å²) in [6.45, 7) is 4.03. The van der Waals surface area contributed by atoms with Gasteiger partial charge in [-0.2, -0.15) is 0 Å². The van der Waals surface area contributed by atoms with Crippen LogP contribution in [0.3, 0.4) is 0 Å². The second-order valence-corrected chi connectivity index (χ2v) is 7.58. The van der Waals surface area contributed by atoms with Gasteiger partial charge in [-0.05, 0) is 61.5 Å². The molecule has 0 unspecified atom stereocenters.